The minimum absolute atomic E-state index is 0.294. The quantitative estimate of drug-likeness (QED) is 0.627. The van der Waals surface area contributed by atoms with E-state index >= 15 is 0 Å². The first-order valence-electron chi connectivity index (χ1n) is 7.73. The van der Waals surface area contributed by atoms with Crippen LogP contribution in [-0.2, 0) is 6.54 Å². The Kier molecular flexibility index (Phi) is 3.59. The third kappa shape index (κ3) is 2.73. The van der Waals surface area contributed by atoms with Crippen molar-refractivity contribution in [3.8, 4) is 0 Å². The first-order chi connectivity index (χ1) is 11.2. The molecule has 0 spiro atoms. The van der Waals surface area contributed by atoms with E-state index in [4.69, 9.17) is 9.40 Å². The number of thiazole rings is 1. The second-order valence-corrected chi connectivity index (χ2v) is 6.90. The second-order valence-electron chi connectivity index (χ2n) is 5.84. The van der Waals surface area contributed by atoms with Crippen molar-refractivity contribution < 1.29 is 9.32 Å². The molecule has 116 valence electrons. The summed E-state index contributed by atoms with van der Waals surface area (Å²) in [6.07, 6.45) is 0. The molecule has 4 aromatic rings. The van der Waals surface area contributed by atoms with Crippen molar-refractivity contribution in [2.45, 2.75) is 19.5 Å². The van der Waals surface area contributed by atoms with Crippen LogP contribution in [0.4, 0.5) is 0 Å². The van der Waals surface area contributed by atoms with Gasteiger partial charge in [0, 0.05) is 0 Å². The molecule has 1 N–H and O–H groups in total. The molecule has 4 nitrogen and oxygen atoms in total. The number of aromatic nitrogens is 2. The Hall–Kier alpha value is -2.24. The maximum absolute atomic E-state index is 5.83. The summed E-state index contributed by atoms with van der Waals surface area (Å²) >= 11 is 1.77. The number of para-hydroxylation sites is 3. The van der Waals surface area contributed by atoms with Gasteiger partial charge in [0.15, 0.2) is 17.1 Å². The van der Waals surface area contributed by atoms with Crippen molar-refractivity contribution in [2.24, 2.45) is 0 Å². The average molecular weight is 324 g/mol. The van der Waals surface area contributed by atoms with Crippen molar-refractivity contribution in [1.82, 2.24) is 9.97 Å². The minimum atomic E-state index is 0.294. The van der Waals surface area contributed by atoms with Gasteiger partial charge in [-0.05, 0) is 31.2 Å². The van der Waals surface area contributed by atoms with Crippen molar-refractivity contribution in [3.05, 3.63) is 59.4 Å². The lowest BCUT2D eigenvalue weighted by molar-refractivity contribution is -0.925. The molecule has 2 atom stereocenters. The molecule has 1 unspecified atom stereocenters. The van der Waals surface area contributed by atoms with Crippen LogP contribution in [0.25, 0.3) is 21.3 Å². The molecule has 0 saturated carbocycles. The van der Waals surface area contributed by atoms with Crippen LogP contribution in [0.3, 0.4) is 0 Å². The molecule has 2 aromatic carbocycles. The van der Waals surface area contributed by atoms with Gasteiger partial charge in [0.1, 0.15) is 11.6 Å². The number of benzene rings is 2. The van der Waals surface area contributed by atoms with E-state index < -0.39 is 0 Å². The maximum Gasteiger partial charge on any atom is 0.251 e. The molecule has 0 amide bonds. The monoisotopic (exact) mass is 324 g/mol. The van der Waals surface area contributed by atoms with Crippen LogP contribution >= 0.6 is 11.3 Å². The van der Waals surface area contributed by atoms with Crippen LogP contribution < -0.4 is 4.90 Å². The van der Waals surface area contributed by atoms with Gasteiger partial charge in [-0.15, -0.1) is 11.3 Å². The topological polar surface area (TPSA) is 43.4 Å². The van der Waals surface area contributed by atoms with Gasteiger partial charge in [-0.2, -0.15) is 0 Å². The summed E-state index contributed by atoms with van der Waals surface area (Å²) in [5, 5.41) is 1.15. The molecule has 0 radical (unpaired) electrons. The van der Waals surface area contributed by atoms with E-state index in [1.807, 2.05) is 30.3 Å². The van der Waals surface area contributed by atoms with Crippen molar-refractivity contribution in [2.75, 3.05) is 7.05 Å². The van der Waals surface area contributed by atoms with Crippen molar-refractivity contribution in [3.63, 3.8) is 0 Å². The van der Waals surface area contributed by atoms with E-state index in [-0.39, 0.29) is 0 Å². The number of rotatable bonds is 4. The van der Waals surface area contributed by atoms with E-state index in [2.05, 4.69) is 37.2 Å². The zero-order valence-corrected chi connectivity index (χ0v) is 13.9. The summed E-state index contributed by atoms with van der Waals surface area (Å²) in [6, 6.07) is 16.5. The average Bonchev–Trinajstić information content (AvgIpc) is 3.16. The van der Waals surface area contributed by atoms with Gasteiger partial charge >= 0.3 is 0 Å². The zero-order chi connectivity index (χ0) is 15.8. The van der Waals surface area contributed by atoms with Gasteiger partial charge in [0.25, 0.3) is 5.89 Å². The Labute approximate surface area is 138 Å². The number of fused-ring (bicyclic) bond motifs is 2. The summed E-state index contributed by atoms with van der Waals surface area (Å²) in [6.45, 7) is 2.95. The molecule has 0 aliphatic heterocycles. The van der Waals surface area contributed by atoms with Crippen LogP contribution in [0, 0.1) is 0 Å². The van der Waals surface area contributed by atoms with Crippen molar-refractivity contribution in [1.29, 1.82) is 0 Å². The minimum Gasteiger partial charge on any atom is -0.435 e. The lowest BCUT2D eigenvalue weighted by Crippen LogP contribution is -3.07. The smallest absolute Gasteiger partial charge is 0.251 e. The number of hydrogen-bond acceptors (Lipinski definition) is 4. The summed E-state index contributed by atoms with van der Waals surface area (Å²) < 4.78 is 7.07. The van der Waals surface area contributed by atoms with Crippen LogP contribution in [0.2, 0.25) is 0 Å². The summed E-state index contributed by atoms with van der Waals surface area (Å²) in [5.41, 5.74) is 2.85. The molecule has 2 aromatic heterocycles. The lowest BCUT2D eigenvalue weighted by Gasteiger charge is -2.18. The normalized spacial score (nSPS) is 14.3. The SMILES string of the molecule is C[C@H](c1nc2ccccc2s1)[NH+](C)Cc1nc2ccccc2o1. The van der Waals surface area contributed by atoms with E-state index in [1.54, 1.807) is 11.3 Å². The molecule has 23 heavy (non-hydrogen) atoms. The maximum atomic E-state index is 5.83. The van der Waals surface area contributed by atoms with E-state index in [0.717, 1.165) is 34.1 Å². The Morgan fingerprint density at radius 3 is 2.57 bits per heavy atom. The molecule has 5 heteroatoms. The first-order valence-corrected chi connectivity index (χ1v) is 8.54. The molecule has 0 aliphatic rings. The summed E-state index contributed by atoms with van der Waals surface area (Å²) in [4.78, 5) is 10.6. The summed E-state index contributed by atoms with van der Waals surface area (Å²) in [7, 11) is 2.16. The zero-order valence-electron chi connectivity index (χ0n) is 13.1. The molecule has 0 fully saturated rings. The highest BCUT2D eigenvalue weighted by Gasteiger charge is 2.21. The van der Waals surface area contributed by atoms with Gasteiger partial charge in [0.05, 0.1) is 17.3 Å². The number of nitrogens with one attached hydrogen (secondary N) is 1. The third-order valence-electron chi connectivity index (χ3n) is 4.19. The Bertz CT molecular complexity index is 893. The fraction of sp³-hybridized carbons (Fsp3) is 0.222. The second kappa shape index (κ2) is 5.76. The molecular weight excluding hydrogens is 306 g/mol. The Balaban J connectivity index is 1.56. The van der Waals surface area contributed by atoms with Crippen LogP contribution in [0.5, 0.6) is 0 Å². The molecule has 0 bridgehead atoms. The predicted octanol–water partition coefficient (Wildman–Crippen LogP) is 3.21. The fourth-order valence-electron chi connectivity index (χ4n) is 2.67. The third-order valence-corrected chi connectivity index (χ3v) is 5.41. The van der Waals surface area contributed by atoms with Gasteiger partial charge in [-0.1, -0.05) is 24.3 Å². The van der Waals surface area contributed by atoms with E-state index in [1.165, 1.54) is 9.60 Å². The number of oxazole rings is 1. The standard InChI is InChI=1S/C18H17N3OS/c1-12(18-20-14-8-4-6-10-16(14)23-18)21(2)11-17-19-13-7-3-5-9-15(13)22-17/h3-10,12H,11H2,1-2H3/p+1/t12-/m1/s1. The van der Waals surface area contributed by atoms with Crippen molar-refractivity contribution >= 4 is 32.7 Å². The molecular formula is C18H18N3OS+. The fourth-order valence-corrected chi connectivity index (χ4v) is 3.79. The Morgan fingerprint density at radius 1 is 1.04 bits per heavy atom. The van der Waals surface area contributed by atoms with Crippen LogP contribution in [-0.4, -0.2) is 17.0 Å². The van der Waals surface area contributed by atoms with Gasteiger partial charge in [0.2, 0.25) is 0 Å². The number of hydrogen-bond donors (Lipinski definition) is 1. The number of nitrogens with zero attached hydrogens (tertiary/aromatic N) is 2. The van der Waals surface area contributed by atoms with Gasteiger partial charge in [-0.3, -0.25) is 0 Å². The van der Waals surface area contributed by atoms with Gasteiger partial charge in [-0.25, -0.2) is 9.97 Å². The largest absolute Gasteiger partial charge is 0.435 e. The molecule has 0 saturated heterocycles. The Morgan fingerprint density at radius 2 is 1.78 bits per heavy atom. The highest BCUT2D eigenvalue weighted by Crippen LogP contribution is 2.25. The highest BCUT2D eigenvalue weighted by molar-refractivity contribution is 7.18. The van der Waals surface area contributed by atoms with Crippen LogP contribution in [0.15, 0.2) is 52.9 Å². The molecule has 4 rings (SSSR count). The van der Waals surface area contributed by atoms with Gasteiger partial charge < -0.3 is 9.32 Å². The number of quaternary nitrogens is 1. The summed E-state index contributed by atoms with van der Waals surface area (Å²) in [5.74, 6) is 0.775. The molecule has 2 heterocycles. The lowest BCUT2D eigenvalue weighted by atomic mass is 10.3. The van der Waals surface area contributed by atoms with E-state index in [0.29, 0.717) is 6.04 Å². The molecule has 0 aliphatic carbocycles. The highest BCUT2D eigenvalue weighted by atomic mass is 32.1. The van der Waals surface area contributed by atoms with Crippen LogP contribution in [0.1, 0.15) is 23.9 Å². The van der Waals surface area contributed by atoms with E-state index in [9.17, 15) is 0 Å². The predicted molar refractivity (Wildman–Crippen MR) is 92.6 cm³/mol. The first kappa shape index (κ1) is 14.4.